The van der Waals surface area contributed by atoms with Gasteiger partial charge in [-0.1, -0.05) is 23.7 Å². The number of aromatic nitrogens is 3. The molecule has 4 aromatic rings. The summed E-state index contributed by atoms with van der Waals surface area (Å²) in [5.74, 6) is 1.50. The number of hydrogen-bond donors (Lipinski definition) is 1. The average Bonchev–Trinajstić information content (AvgIpc) is 3.42. The number of amides is 1. The molecule has 0 spiro atoms. The summed E-state index contributed by atoms with van der Waals surface area (Å²) in [6, 6.07) is 16.4. The van der Waals surface area contributed by atoms with Crippen molar-refractivity contribution in [3.05, 3.63) is 70.7 Å². The summed E-state index contributed by atoms with van der Waals surface area (Å²) in [5, 5.41) is 10.6. The SMILES string of the molecule is COc1cccc(-c2csc(-n3nc(C)cc3NC(=O)C(C)(C)Oc3ccc(Cl)cc3)n2)c1. The molecule has 0 aliphatic rings. The maximum absolute atomic E-state index is 13.1. The van der Waals surface area contributed by atoms with E-state index in [1.54, 1.807) is 56.0 Å². The number of nitrogens with one attached hydrogen (secondary N) is 1. The Balaban J connectivity index is 1.56. The van der Waals surface area contributed by atoms with Gasteiger partial charge in [0.1, 0.15) is 17.3 Å². The smallest absolute Gasteiger partial charge is 0.269 e. The maximum Gasteiger partial charge on any atom is 0.269 e. The lowest BCUT2D eigenvalue weighted by molar-refractivity contribution is -0.128. The molecule has 2 heterocycles. The number of ether oxygens (including phenoxy) is 2. The van der Waals surface area contributed by atoms with E-state index >= 15 is 0 Å². The van der Waals surface area contributed by atoms with E-state index in [0.29, 0.717) is 21.7 Å². The first kappa shape index (κ1) is 22.8. The second kappa shape index (κ2) is 9.25. The van der Waals surface area contributed by atoms with E-state index in [1.807, 2.05) is 36.6 Å². The molecule has 0 atom stereocenters. The molecular formula is C24H23ClN4O3S. The van der Waals surface area contributed by atoms with E-state index in [9.17, 15) is 4.79 Å². The number of benzene rings is 2. The van der Waals surface area contributed by atoms with E-state index in [2.05, 4.69) is 10.4 Å². The molecule has 0 radical (unpaired) electrons. The third-order valence-electron chi connectivity index (χ3n) is 4.85. The van der Waals surface area contributed by atoms with Crippen molar-refractivity contribution in [3.63, 3.8) is 0 Å². The zero-order chi connectivity index (χ0) is 23.6. The van der Waals surface area contributed by atoms with Crippen molar-refractivity contribution in [1.82, 2.24) is 14.8 Å². The molecule has 0 saturated heterocycles. The topological polar surface area (TPSA) is 78.3 Å². The fourth-order valence-electron chi connectivity index (χ4n) is 3.12. The van der Waals surface area contributed by atoms with Crippen molar-refractivity contribution in [2.24, 2.45) is 0 Å². The Morgan fingerprint density at radius 3 is 2.61 bits per heavy atom. The number of anilines is 1. The Labute approximate surface area is 201 Å². The van der Waals surface area contributed by atoms with Crippen LogP contribution in [0.15, 0.2) is 60.0 Å². The molecule has 1 amide bonds. The van der Waals surface area contributed by atoms with Gasteiger partial charge in [0.25, 0.3) is 5.91 Å². The van der Waals surface area contributed by atoms with Crippen molar-refractivity contribution in [3.8, 4) is 27.9 Å². The van der Waals surface area contributed by atoms with E-state index in [1.165, 1.54) is 11.3 Å². The Bertz CT molecular complexity index is 1280. The molecule has 0 bridgehead atoms. The molecule has 0 aliphatic carbocycles. The number of halogens is 1. The molecular weight excluding hydrogens is 460 g/mol. The average molecular weight is 483 g/mol. The minimum absolute atomic E-state index is 0.317. The first-order valence-corrected chi connectivity index (χ1v) is 11.4. The van der Waals surface area contributed by atoms with Gasteiger partial charge in [-0.3, -0.25) is 4.79 Å². The molecule has 0 fully saturated rings. The molecule has 0 saturated carbocycles. The molecule has 9 heteroatoms. The monoisotopic (exact) mass is 482 g/mol. The van der Waals surface area contributed by atoms with Crippen LogP contribution in [0.25, 0.3) is 16.4 Å². The lowest BCUT2D eigenvalue weighted by Crippen LogP contribution is -2.42. The Hall–Kier alpha value is -3.36. The van der Waals surface area contributed by atoms with Crippen LogP contribution in [0.3, 0.4) is 0 Å². The van der Waals surface area contributed by atoms with Crippen molar-refractivity contribution in [2.75, 3.05) is 12.4 Å². The zero-order valence-corrected chi connectivity index (χ0v) is 20.2. The third kappa shape index (κ3) is 5.18. The number of carbonyl (C=O) groups is 1. The largest absolute Gasteiger partial charge is 0.497 e. The molecule has 0 aliphatic heterocycles. The number of carbonyl (C=O) groups excluding carboxylic acids is 1. The van der Waals surface area contributed by atoms with Crippen molar-refractivity contribution in [2.45, 2.75) is 26.4 Å². The number of hydrogen-bond acceptors (Lipinski definition) is 6. The third-order valence-corrected chi connectivity index (χ3v) is 5.91. The van der Waals surface area contributed by atoms with Crippen LogP contribution in [0.2, 0.25) is 5.02 Å². The van der Waals surface area contributed by atoms with Gasteiger partial charge in [0.15, 0.2) is 5.60 Å². The fourth-order valence-corrected chi connectivity index (χ4v) is 4.04. The summed E-state index contributed by atoms with van der Waals surface area (Å²) in [5.41, 5.74) is 1.35. The number of nitrogens with zero attached hydrogens (tertiary/aromatic N) is 3. The summed E-state index contributed by atoms with van der Waals surface area (Å²) in [7, 11) is 1.63. The van der Waals surface area contributed by atoms with Crippen molar-refractivity contribution >= 4 is 34.7 Å². The Morgan fingerprint density at radius 2 is 1.88 bits per heavy atom. The molecule has 170 valence electrons. The van der Waals surface area contributed by atoms with Gasteiger partial charge in [0.05, 0.1) is 18.5 Å². The highest BCUT2D eigenvalue weighted by atomic mass is 35.5. The second-order valence-electron chi connectivity index (χ2n) is 7.85. The molecule has 2 aromatic carbocycles. The van der Waals surface area contributed by atoms with Gasteiger partial charge >= 0.3 is 0 Å². The van der Waals surface area contributed by atoms with Gasteiger partial charge in [-0.25, -0.2) is 4.98 Å². The van der Waals surface area contributed by atoms with Crippen LogP contribution in [0.1, 0.15) is 19.5 Å². The highest BCUT2D eigenvalue weighted by Gasteiger charge is 2.31. The maximum atomic E-state index is 13.1. The normalized spacial score (nSPS) is 11.3. The van der Waals surface area contributed by atoms with Gasteiger partial charge in [-0.05, 0) is 57.2 Å². The molecule has 33 heavy (non-hydrogen) atoms. The van der Waals surface area contributed by atoms with Crippen LogP contribution in [-0.2, 0) is 4.79 Å². The first-order chi connectivity index (χ1) is 15.7. The summed E-state index contributed by atoms with van der Waals surface area (Å²) in [4.78, 5) is 17.8. The molecule has 2 aromatic heterocycles. The quantitative estimate of drug-likeness (QED) is 0.362. The zero-order valence-electron chi connectivity index (χ0n) is 18.6. The minimum Gasteiger partial charge on any atom is -0.497 e. The number of thiazole rings is 1. The molecule has 0 unspecified atom stereocenters. The van der Waals surface area contributed by atoms with E-state index in [4.69, 9.17) is 26.1 Å². The Morgan fingerprint density at radius 1 is 1.12 bits per heavy atom. The lowest BCUT2D eigenvalue weighted by atomic mass is 10.1. The van der Waals surface area contributed by atoms with Crippen molar-refractivity contribution in [1.29, 1.82) is 0 Å². The minimum atomic E-state index is -1.13. The van der Waals surface area contributed by atoms with E-state index in [-0.39, 0.29) is 5.91 Å². The highest BCUT2D eigenvalue weighted by molar-refractivity contribution is 7.12. The van der Waals surface area contributed by atoms with Crippen LogP contribution >= 0.6 is 22.9 Å². The first-order valence-electron chi connectivity index (χ1n) is 10.2. The fraction of sp³-hybridized carbons (Fsp3) is 0.208. The summed E-state index contributed by atoms with van der Waals surface area (Å²) in [6.45, 7) is 5.27. The number of methoxy groups -OCH3 is 1. The molecule has 4 rings (SSSR count). The number of aryl methyl sites for hydroxylation is 1. The van der Waals surface area contributed by atoms with E-state index < -0.39 is 5.60 Å². The van der Waals surface area contributed by atoms with E-state index in [0.717, 1.165) is 22.7 Å². The predicted octanol–water partition coefficient (Wildman–Crippen LogP) is 5.76. The molecule has 1 N–H and O–H groups in total. The summed E-state index contributed by atoms with van der Waals surface area (Å²) < 4.78 is 12.8. The van der Waals surface area contributed by atoms with Gasteiger partial charge < -0.3 is 14.8 Å². The standard InChI is InChI=1S/C24H23ClN4O3S/c1-15-12-21(27-22(30)24(2,3)32-18-10-8-17(25)9-11-18)29(28-15)23-26-20(14-33-23)16-6-5-7-19(13-16)31-4/h5-14H,1-4H3,(H,27,30). The summed E-state index contributed by atoms with van der Waals surface area (Å²) >= 11 is 7.36. The van der Waals surface area contributed by atoms with Crippen LogP contribution in [0.4, 0.5) is 5.82 Å². The van der Waals surface area contributed by atoms with Gasteiger partial charge in [0, 0.05) is 22.0 Å². The van der Waals surface area contributed by atoms with Gasteiger partial charge in [-0.2, -0.15) is 9.78 Å². The second-order valence-corrected chi connectivity index (χ2v) is 9.12. The summed E-state index contributed by atoms with van der Waals surface area (Å²) in [6.07, 6.45) is 0. The Kier molecular flexibility index (Phi) is 6.40. The lowest BCUT2D eigenvalue weighted by Gasteiger charge is -2.25. The van der Waals surface area contributed by atoms with Crippen LogP contribution in [0.5, 0.6) is 11.5 Å². The number of rotatable bonds is 7. The van der Waals surface area contributed by atoms with Gasteiger partial charge in [0.2, 0.25) is 5.13 Å². The predicted molar refractivity (Wildman–Crippen MR) is 131 cm³/mol. The highest BCUT2D eigenvalue weighted by Crippen LogP contribution is 2.29. The molecule has 7 nitrogen and oxygen atoms in total. The van der Waals surface area contributed by atoms with Crippen LogP contribution < -0.4 is 14.8 Å². The van der Waals surface area contributed by atoms with Gasteiger partial charge in [-0.15, -0.1) is 11.3 Å². The van der Waals surface area contributed by atoms with Crippen molar-refractivity contribution < 1.29 is 14.3 Å². The van der Waals surface area contributed by atoms with Crippen LogP contribution in [-0.4, -0.2) is 33.4 Å². The van der Waals surface area contributed by atoms with Crippen LogP contribution in [0, 0.1) is 6.92 Å².